The van der Waals surface area contributed by atoms with E-state index in [9.17, 15) is 9.18 Å². The van der Waals surface area contributed by atoms with Gasteiger partial charge in [-0.05, 0) is 24.9 Å². The third-order valence-electron chi connectivity index (χ3n) is 1.48. The van der Waals surface area contributed by atoms with E-state index in [4.69, 9.17) is 5.26 Å². The van der Waals surface area contributed by atoms with Crippen molar-refractivity contribution in [3.05, 3.63) is 29.6 Å². The van der Waals surface area contributed by atoms with E-state index < -0.39 is 11.9 Å². The van der Waals surface area contributed by atoms with Crippen molar-refractivity contribution < 1.29 is 14.0 Å². The summed E-state index contributed by atoms with van der Waals surface area (Å²) in [5, 5.41) is 8.46. The molecule has 76 valence electrons. The van der Waals surface area contributed by atoms with Crippen LogP contribution in [0.2, 0.25) is 0 Å². The second kappa shape index (κ2) is 4.72. The summed E-state index contributed by atoms with van der Waals surface area (Å²) in [4.78, 5) is 17.7. The Kier molecular flexibility index (Phi) is 3.35. The van der Waals surface area contributed by atoms with Crippen LogP contribution in [0.4, 0.5) is 14.9 Å². The van der Waals surface area contributed by atoms with Crippen LogP contribution in [-0.2, 0) is 4.84 Å². The monoisotopic (exact) mass is 207 g/mol. The molecule has 0 aliphatic heterocycles. The highest BCUT2D eigenvalue weighted by atomic mass is 19.1. The minimum absolute atomic E-state index is 0.0639. The first-order valence-corrected chi connectivity index (χ1v) is 3.80. The zero-order valence-electron chi connectivity index (χ0n) is 7.53. The molecule has 0 saturated carbocycles. The summed E-state index contributed by atoms with van der Waals surface area (Å²) in [6.45, 7) is 2.92. The Morgan fingerprint density at radius 3 is 2.93 bits per heavy atom. The van der Waals surface area contributed by atoms with Crippen molar-refractivity contribution in [2.75, 3.05) is 5.48 Å². The summed E-state index contributed by atoms with van der Waals surface area (Å²) in [6.07, 6.45) is -0.973. The molecule has 5 nitrogen and oxygen atoms in total. The van der Waals surface area contributed by atoms with Crippen LogP contribution in [-0.4, -0.2) is 12.8 Å². The molecule has 1 amide bonds. The lowest BCUT2D eigenvalue weighted by atomic mass is 10.2. The molecule has 1 N–H and O–H groups in total. The molecule has 0 fully saturated rings. The molecule has 0 bridgehead atoms. The van der Waals surface area contributed by atoms with Gasteiger partial charge < -0.3 is 4.84 Å². The maximum absolute atomic E-state index is 13.1. The Balaban J connectivity index is 2.75. The smallest absolute Gasteiger partial charge is 0.323 e. The Hall–Kier alpha value is -2.42. The van der Waals surface area contributed by atoms with Crippen molar-refractivity contribution in [2.45, 2.75) is 0 Å². The molecule has 0 heterocycles. The van der Waals surface area contributed by atoms with Gasteiger partial charge >= 0.3 is 6.09 Å². The van der Waals surface area contributed by atoms with E-state index in [2.05, 4.69) is 16.5 Å². The Labute approximate surface area is 84.8 Å². The number of nitrogens with zero attached hydrogens (tertiary/aromatic N) is 2. The van der Waals surface area contributed by atoms with Crippen LogP contribution in [0.5, 0.6) is 0 Å². The van der Waals surface area contributed by atoms with Crippen LogP contribution in [0.25, 0.3) is 0 Å². The van der Waals surface area contributed by atoms with E-state index in [1.54, 1.807) is 6.07 Å². The van der Waals surface area contributed by atoms with Gasteiger partial charge in [-0.1, -0.05) is 0 Å². The third kappa shape index (κ3) is 2.77. The molecule has 1 aromatic rings. The van der Waals surface area contributed by atoms with Gasteiger partial charge in [-0.2, -0.15) is 10.3 Å². The number of nitriles is 1. The molecule has 0 aromatic heterocycles. The van der Waals surface area contributed by atoms with Crippen molar-refractivity contribution in [1.29, 1.82) is 5.26 Å². The van der Waals surface area contributed by atoms with Crippen molar-refractivity contribution in [3.63, 3.8) is 0 Å². The lowest BCUT2D eigenvalue weighted by Crippen LogP contribution is -2.07. The van der Waals surface area contributed by atoms with Crippen molar-refractivity contribution >= 4 is 18.5 Å². The van der Waals surface area contributed by atoms with E-state index >= 15 is 0 Å². The van der Waals surface area contributed by atoms with Crippen LogP contribution < -0.4 is 5.48 Å². The molecule has 15 heavy (non-hydrogen) atoms. The van der Waals surface area contributed by atoms with Crippen molar-refractivity contribution in [1.82, 2.24) is 0 Å². The summed E-state index contributed by atoms with van der Waals surface area (Å²) < 4.78 is 13.1. The molecule has 0 aliphatic rings. The van der Waals surface area contributed by atoms with Gasteiger partial charge in [-0.15, -0.1) is 0 Å². The molecule has 0 atom stereocenters. The molecule has 1 rings (SSSR count). The van der Waals surface area contributed by atoms with Crippen LogP contribution in [0.15, 0.2) is 23.2 Å². The van der Waals surface area contributed by atoms with Crippen LogP contribution in [0, 0.1) is 17.1 Å². The van der Waals surface area contributed by atoms with Crippen molar-refractivity contribution in [2.24, 2.45) is 4.99 Å². The molecular weight excluding hydrogens is 201 g/mol. The average molecular weight is 207 g/mol. The molecular formula is C9H6FN3O2. The van der Waals surface area contributed by atoms with E-state index in [0.29, 0.717) is 0 Å². The third-order valence-corrected chi connectivity index (χ3v) is 1.48. The fraction of sp³-hybridized carbons (Fsp3) is 0. The highest BCUT2D eigenvalue weighted by Gasteiger charge is 2.05. The summed E-state index contributed by atoms with van der Waals surface area (Å²) in [5.74, 6) is -0.703. The van der Waals surface area contributed by atoms with Crippen LogP contribution >= 0.6 is 0 Å². The highest BCUT2D eigenvalue weighted by molar-refractivity contribution is 5.73. The molecule has 0 unspecified atom stereocenters. The second-order valence-electron chi connectivity index (χ2n) is 2.43. The minimum atomic E-state index is -0.973. The first-order valence-electron chi connectivity index (χ1n) is 3.80. The lowest BCUT2D eigenvalue weighted by Gasteiger charge is -2.04. The Morgan fingerprint density at radius 1 is 1.67 bits per heavy atom. The van der Waals surface area contributed by atoms with Gasteiger partial charge in [0.15, 0.2) is 5.82 Å². The number of benzene rings is 1. The standard InChI is InChI=1S/C9H6FN3O2/c1-12-9(14)15-13-8-3-2-6(5-11)4-7(8)10/h2-4,13H,1H2. The average Bonchev–Trinajstić information content (AvgIpc) is 2.26. The minimum Gasteiger partial charge on any atom is -0.323 e. The molecule has 0 saturated heterocycles. The Morgan fingerprint density at radius 2 is 2.40 bits per heavy atom. The first-order chi connectivity index (χ1) is 7.17. The van der Waals surface area contributed by atoms with Gasteiger partial charge in [-0.3, -0.25) is 0 Å². The van der Waals surface area contributed by atoms with E-state index in [1.165, 1.54) is 12.1 Å². The summed E-state index contributed by atoms with van der Waals surface area (Å²) in [5.41, 5.74) is 2.16. The number of aliphatic imine (C=N–C) groups is 1. The fourth-order valence-corrected chi connectivity index (χ4v) is 0.798. The molecule has 0 aliphatic carbocycles. The van der Waals surface area contributed by atoms with Crippen molar-refractivity contribution in [3.8, 4) is 6.07 Å². The van der Waals surface area contributed by atoms with Gasteiger partial charge in [0.05, 0.1) is 11.6 Å². The van der Waals surface area contributed by atoms with E-state index in [0.717, 1.165) is 6.07 Å². The number of carbonyl (C=O) groups is 1. The lowest BCUT2D eigenvalue weighted by molar-refractivity contribution is 0.181. The van der Waals surface area contributed by atoms with Gasteiger partial charge in [0.2, 0.25) is 0 Å². The number of amides is 1. The van der Waals surface area contributed by atoms with Crippen LogP contribution in [0.1, 0.15) is 5.56 Å². The Bertz CT molecular complexity index is 439. The molecule has 1 aromatic carbocycles. The maximum Gasteiger partial charge on any atom is 0.457 e. The number of carbonyl (C=O) groups excluding carboxylic acids is 1. The number of hydrogen-bond donors (Lipinski definition) is 1. The topological polar surface area (TPSA) is 74.5 Å². The van der Waals surface area contributed by atoms with Gasteiger partial charge in [0.25, 0.3) is 0 Å². The van der Waals surface area contributed by atoms with Gasteiger partial charge in [0, 0.05) is 0 Å². The first kappa shape index (κ1) is 10.7. The second-order valence-corrected chi connectivity index (χ2v) is 2.43. The predicted molar refractivity (Wildman–Crippen MR) is 50.8 cm³/mol. The number of anilines is 1. The summed E-state index contributed by atoms with van der Waals surface area (Å²) in [7, 11) is 0. The quantitative estimate of drug-likeness (QED) is 0.593. The van der Waals surface area contributed by atoms with Gasteiger partial charge in [0.1, 0.15) is 5.69 Å². The predicted octanol–water partition coefficient (Wildman–Crippen LogP) is 1.86. The molecule has 6 heteroatoms. The number of hydrogen-bond acceptors (Lipinski definition) is 4. The zero-order chi connectivity index (χ0) is 11.3. The summed E-state index contributed by atoms with van der Waals surface area (Å²) in [6, 6.07) is 5.42. The number of halogens is 1. The fourth-order valence-electron chi connectivity index (χ4n) is 0.798. The SMILES string of the molecule is C=NC(=O)ONc1ccc(C#N)cc1F. The van der Waals surface area contributed by atoms with Crippen LogP contribution in [0.3, 0.4) is 0 Å². The largest absolute Gasteiger partial charge is 0.457 e. The number of nitrogens with one attached hydrogen (secondary N) is 1. The summed E-state index contributed by atoms with van der Waals surface area (Å²) >= 11 is 0. The number of rotatable bonds is 2. The van der Waals surface area contributed by atoms with E-state index in [-0.39, 0.29) is 11.3 Å². The highest BCUT2D eigenvalue weighted by Crippen LogP contribution is 2.15. The van der Waals surface area contributed by atoms with E-state index in [1.807, 2.05) is 5.48 Å². The molecule has 0 spiro atoms. The zero-order valence-corrected chi connectivity index (χ0v) is 7.53. The van der Waals surface area contributed by atoms with Gasteiger partial charge in [-0.25, -0.2) is 14.7 Å². The molecule has 0 radical (unpaired) electrons. The normalized spacial score (nSPS) is 8.80. The maximum atomic E-state index is 13.1.